The Morgan fingerprint density at radius 1 is 1.37 bits per heavy atom. The number of nitrogens with zero attached hydrogens (tertiary/aromatic N) is 1. The van der Waals surface area contributed by atoms with E-state index < -0.39 is 0 Å². The highest BCUT2D eigenvalue weighted by Crippen LogP contribution is 2.07. The Hall–Kier alpha value is -1.95. The number of rotatable bonds is 4. The zero-order valence-corrected chi connectivity index (χ0v) is 10.8. The van der Waals surface area contributed by atoms with Crippen molar-refractivity contribution < 1.29 is 14.5 Å². The number of hydrogen-bond acceptors (Lipinski definition) is 3. The summed E-state index contributed by atoms with van der Waals surface area (Å²) in [6.45, 7) is 2.02. The molecule has 1 aliphatic heterocycles. The molecule has 1 fully saturated rings. The summed E-state index contributed by atoms with van der Waals surface area (Å²) in [6, 6.07) is 5.38. The third-order valence-corrected chi connectivity index (χ3v) is 3.44. The first kappa shape index (κ1) is 13.5. The Kier molecular flexibility index (Phi) is 4.46. The van der Waals surface area contributed by atoms with E-state index in [0.717, 1.165) is 25.9 Å². The van der Waals surface area contributed by atoms with E-state index in [1.807, 2.05) is 6.07 Å². The van der Waals surface area contributed by atoms with Crippen LogP contribution in [-0.4, -0.2) is 36.4 Å². The average molecular weight is 263 g/mol. The van der Waals surface area contributed by atoms with Crippen molar-refractivity contribution in [1.29, 1.82) is 0 Å². The first-order chi connectivity index (χ1) is 9.15. The Labute approximate surface area is 112 Å². The van der Waals surface area contributed by atoms with Crippen molar-refractivity contribution in [2.75, 3.05) is 25.0 Å². The summed E-state index contributed by atoms with van der Waals surface area (Å²) in [6.07, 6.45) is 3.17. The van der Waals surface area contributed by atoms with Crippen molar-refractivity contribution in [1.82, 2.24) is 4.98 Å². The van der Waals surface area contributed by atoms with Crippen LogP contribution in [0.25, 0.3) is 0 Å². The summed E-state index contributed by atoms with van der Waals surface area (Å²) in [4.78, 5) is 28.1. The highest BCUT2D eigenvalue weighted by atomic mass is 16.2. The van der Waals surface area contributed by atoms with Crippen molar-refractivity contribution in [3.8, 4) is 0 Å². The molecule has 1 saturated heterocycles. The lowest BCUT2D eigenvalue weighted by Gasteiger charge is -2.27. The molecule has 19 heavy (non-hydrogen) atoms. The van der Waals surface area contributed by atoms with Gasteiger partial charge in [-0.05, 0) is 12.1 Å². The van der Waals surface area contributed by atoms with Gasteiger partial charge < -0.3 is 16.0 Å². The largest absolute Gasteiger partial charge is 0.369 e. The van der Waals surface area contributed by atoms with Crippen LogP contribution < -0.4 is 16.0 Å². The molecule has 102 valence electrons. The summed E-state index contributed by atoms with van der Waals surface area (Å²) in [7, 11) is 0. The number of pyridine rings is 1. The molecule has 0 bridgehead atoms. The number of hydrogen-bond donors (Lipinski definition) is 3. The number of primary amides is 1. The van der Waals surface area contributed by atoms with E-state index in [1.54, 1.807) is 18.3 Å². The second-order valence-electron chi connectivity index (χ2n) is 4.87. The number of nitrogens with two attached hydrogens (primary N) is 1. The molecular weight excluding hydrogens is 244 g/mol. The summed E-state index contributed by atoms with van der Waals surface area (Å²) >= 11 is 0. The zero-order chi connectivity index (χ0) is 13.7. The summed E-state index contributed by atoms with van der Waals surface area (Å²) in [5.41, 5.74) is 5.28. The van der Waals surface area contributed by atoms with Gasteiger partial charge in [0.25, 0.3) is 5.91 Å². The predicted molar refractivity (Wildman–Crippen MR) is 70.3 cm³/mol. The molecule has 0 aromatic carbocycles. The molecule has 1 aromatic heterocycles. The monoisotopic (exact) mass is 263 g/mol. The van der Waals surface area contributed by atoms with Gasteiger partial charge >= 0.3 is 0 Å². The maximum absolute atomic E-state index is 11.8. The maximum atomic E-state index is 11.8. The summed E-state index contributed by atoms with van der Waals surface area (Å²) in [5.74, 6) is 0.268. The molecule has 0 spiro atoms. The number of likely N-dealkylation sites (tertiary alicyclic amines) is 1. The van der Waals surface area contributed by atoms with Gasteiger partial charge in [-0.3, -0.25) is 9.59 Å². The highest BCUT2D eigenvalue weighted by Gasteiger charge is 2.26. The second-order valence-corrected chi connectivity index (χ2v) is 4.87. The first-order valence-electron chi connectivity index (χ1n) is 6.49. The van der Waals surface area contributed by atoms with Gasteiger partial charge in [-0.25, -0.2) is 4.98 Å². The van der Waals surface area contributed by atoms with E-state index in [0.29, 0.717) is 12.4 Å². The molecule has 0 saturated carbocycles. The van der Waals surface area contributed by atoms with E-state index in [2.05, 4.69) is 10.3 Å². The number of carbonyl (C=O) groups excluding carboxylic acids is 2. The van der Waals surface area contributed by atoms with Crippen molar-refractivity contribution in [3.63, 3.8) is 0 Å². The van der Waals surface area contributed by atoms with Gasteiger partial charge in [0.05, 0.1) is 13.1 Å². The van der Waals surface area contributed by atoms with E-state index in [-0.39, 0.29) is 17.7 Å². The first-order valence-corrected chi connectivity index (χ1v) is 6.49. The lowest BCUT2D eigenvalue weighted by molar-refractivity contribution is -0.897. The van der Waals surface area contributed by atoms with Crippen molar-refractivity contribution in [2.24, 2.45) is 11.7 Å². The van der Waals surface area contributed by atoms with Crippen LogP contribution in [-0.2, 0) is 9.59 Å². The normalized spacial score (nSPS) is 22.7. The number of aromatic nitrogens is 1. The smallest absolute Gasteiger partial charge is 0.280 e. The van der Waals surface area contributed by atoms with E-state index in [1.165, 1.54) is 4.90 Å². The van der Waals surface area contributed by atoms with Crippen LogP contribution >= 0.6 is 0 Å². The van der Waals surface area contributed by atoms with Gasteiger partial charge in [-0.1, -0.05) is 6.07 Å². The quantitative estimate of drug-likeness (QED) is 0.637. The van der Waals surface area contributed by atoms with Gasteiger partial charge in [0.2, 0.25) is 5.91 Å². The molecule has 0 atom stereocenters. The fourth-order valence-electron chi connectivity index (χ4n) is 2.34. The molecule has 6 nitrogen and oxygen atoms in total. The topological polar surface area (TPSA) is 89.5 Å². The van der Waals surface area contributed by atoms with Crippen LogP contribution in [0.5, 0.6) is 0 Å². The number of amides is 2. The molecule has 0 unspecified atom stereocenters. The van der Waals surface area contributed by atoms with Crippen molar-refractivity contribution in [3.05, 3.63) is 24.4 Å². The minimum Gasteiger partial charge on any atom is -0.369 e. The molecule has 4 N–H and O–H groups in total. The second kappa shape index (κ2) is 6.29. The van der Waals surface area contributed by atoms with Crippen LogP contribution in [0.15, 0.2) is 24.4 Å². The lowest BCUT2D eigenvalue weighted by atomic mass is 9.96. The SMILES string of the molecule is NC(=O)C1CC[NH+](CC(=O)Nc2ccccn2)CC1. The number of piperidine rings is 1. The molecule has 1 aliphatic rings. The van der Waals surface area contributed by atoms with Crippen LogP contribution in [0, 0.1) is 5.92 Å². The van der Waals surface area contributed by atoms with Crippen LogP contribution in [0.2, 0.25) is 0 Å². The standard InChI is InChI=1S/C13H18N4O2/c14-13(19)10-4-7-17(8-5-10)9-12(18)16-11-3-1-2-6-15-11/h1-3,6,10H,4-5,7-9H2,(H2,14,19)(H,15,16,18)/p+1. The fourth-order valence-corrected chi connectivity index (χ4v) is 2.34. The van der Waals surface area contributed by atoms with Gasteiger partial charge in [-0.15, -0.1) is 0 Å². The molecule has 6 heteroatoms. The minimum atomic E-state index is -0.225. The molecule has 0 aliphatic carbocycles. The van der Waals surface area contributed by atoms with Crippen LogP contribution in [0.3, 0.4) is 0 Å². The molecule has 2 amide bonds. The number of nitrogens with one attached hydrogen (secondary N) is 2. The number of quaternary nitrogens is 1. The highest BCUT2D eigenvalue weighted by molar-refractivity contribution is 5.90. The van der Waals surface area contributed by atoms with Gasteiger partial charge in [0, 0.05) is 25.0 Å². The Morgan fingerprint density at radius 3 is 2.68 bits per heavy atom. The Balaban J connectivity index is 1.76. The average Bonchev–Trinajstić information content (AvgIpc) is 2.40. The lowest BCUT2D eigenvalue weighted by Crippen LogP contribution is -3.14. The molecular formula is C13H19N4O2+. The van der Waals surface area contributed by atoms with Gasteiger partial charge in [0.1, 0.15) is 5.82 Å². The summed E-state index contributed by atoms with van der Waals surface area (Å²) < 4.78 is 0. The van der Waals surface area contributed by atoms with E-state index in [9.17, 15) is 9.59 Å². The van der Waals surface area contributed by atoms with Crippen LogP contribution in [0.1, 0.15) is 12.8 Å². The number of carbonyl (C=O) groups is 2. The van der Waals surface area contributed by atoms with Gasteiger partial charge in [0.15, 0.2) is 6.54 Å². The minimum absolute atomic E-state index is 0.0254. The van der Waals surface area contributed by atoms with E-state index in [4.69, 9.17) is 5.73 Å². The fraction of sp³-hybridized carbons (Fsp3) is 0.462. The van der Waals surface area contributed by atoms with Crippen molar-refractivity contribution >= 4 is 17.6 Å². The molecule has 2 rings (SSSR count). The predicted octanol–water partition coefficient (Wildman–Crippen LogP) is -1.20. The third kappa shape index (κ3) is 4.03. The van der Waals surface area contributed by atoms with E-state index >= 15 is 0 Å². The Morgan fingerprint density at radius 2 is 2.11 bits per heavy atom. The Bertz CT molecular complexity index is 441. The summed E-state index contributed by atoms with van der Waals surface area (Å²) in [5, 5.41) is 2.76. The molecule has 2 heterocycles. The maximum Gasteiger partial charge on any atom is 0.280 e. The molecule has 0 radical (unpaired) electrons. The van der Waals surface area contributed by atoms with Crippen molar-refractivity contribution in [2.45, 2.75) is 12.8 Å². The zero-order valence-electron chi connectivity index (χ0n) is 10.8. The number of anilines is 1. The third-order valence-electron chi connectivity index (χ3n) is 3.44. The van der Waals surface area contributed by atoms with Crippen LogP contribution in [0.4, 0.5) is 5.82 Å². The van der Waals surface area contributed by atoms with Gasteiger partial charge in [-0.2, -0.15) is 0 Å². The molecule has 1 aromatic rings.